The summed E-state index contributed by atoms with van der Waals surface area (Å²) in [5.41, 5.74) is 8.20. The molecule has 72 valence electrons. The lowest BCUT2D eigenvalue weighted by molar-refractivity contribution is 0.841. The third-order valence-corrected chi connectivity index (χ3v) is 2.42. The molecule has 2 rings (SSSR count). The highest BCUT2D eigenvalue weighted by atomic mass is 79.9. The molecular formula is C9H9BrN4. The fourth-order valence-electron chi connectivity index (χ4n) is 1.20. The molecule has 0 bridgehead atoms. The van der Waals surface area contributed by atoms with Crippen molar-refractivity contribution in [3.8, 4) is 5.69 Å². The Morgan fingerprint density at radius 3 is 2.71 bits per heavy atom. The quantitative estimate of drug-likeness (QED) is 0.844. The predicted octanol–water partition coefficient (Wildman–Crippen LogP) is 1.92. The maximum absolute atomic E-state index is 5.70. The highest BCUT2D eigenvalue weighted by Gasteiger charge is 2.05. The monoisotopic (exact) mass is 252 g/mol. The molecule has 0 fully saturated rings. The van der Waals surface area contributed by atoms with E-state index in [4.69, 9.17) is 5.73 Å². The van der Waals surface area contributed by atoms with Gasteiger partial charge in [0, 0.05) is 10.7 Å². The molecule has 0 saturated heterocycles. The van der Waals surface area contributed by atoms with E-state index in [1.54, 1.807) is 23.3 Å². The molecule has 0 amide bonds. The van der Waals surface area contributed by atoms with Crippen molar-refractivity contribution in [2.24, 2.45) is 0 Å². The number of halogens is 1. The zero-order valence-electron chi connectivity index (χ0n) is 7.61. The molecule has 2 heterocycles. The van der Waals surface area contributed by atoms with Gasteiger partial charge >= 0.3 is 0 Å². The molecule has 2 aromatic rings. The van der Waals surface area contributed by atoms with Gasteiger partial charge in [-0.25, -0.2) is 4.68 Å². The Hall–Kier alpha value is -1.36. The summed E-state index contributed by atoms with van der Waals surface area (Å²) in [6, 6.07) is 1.94. The van der Waals surface area contributed by atoms with Crippen molar-refractivity contribution in [3.63, 3.8) is 0 Å². The Labute approximate surface area is 89.9 Å². The summed E-state index contributed by atoms with van der Waals surface area (Å²) in [5.74, 6) is 0. The summed E-state index contributed by atoms with van der Waals surface area (Å²) in [6.45, 7) is 1.92. The van der Waals surface area contributed by atoms with Gasteiger partial charge < -0.3 is 5.73 Å². The molecular weight excluding hydrogens is 244 g/mol. The van der Waals surface area contributed by atoms with E-state index in [1.807, 2.05) is 13.0 Å². The van der Waals surface area contributed by atoms with Crippen LogP contribution >= 0.6 is 15.9 Å². The molecule has 0 aliphatic carbocycles. The van der Waals surface area contributed by atoms with Crippen molar-refractivity contribution in [1.29, 1.82) is 0 Å². The molecule has 0 saturated carbocycles. The Balaban J connectivity index is 2.55. The van der Waals surface area contributed by atoms with Gasteiger partial charge in [-0.3, -0.25) is 4.98 Å². The molecule has 4 nitrogen and oxygen atoms in total. The summed E-state index contributed by atoms with van der Waals surface area (Å²) >= 11 is 3.36. The molecule has 0 atom stereocenters. The van der Waals surface area contributed by atoms with Crippen molar-refractivity contribution in [2.75, 3.05) is 5.73 Å². The largest absolute Gasteiger partial charge is 0.396 e. The standard InChI is InChI=1S/C9H9BrN4/c1-6-9(11)5-13-14(6)8-2-7(10)3-12-4-8/h2-5H,11H2,1H3. The number of hydrogen-bond acceptors (Lipinski definition) is 3. The number of rotatable bonds is 1. The SMILES string of the molecule is Cc1c(N)cnn1-c1cncc(Br)c1. The second kappa shape index (κ2) is 3.42. The molecule has 0 radical (unpaired) electrons. The predicted molar refractivity (Wildman–Crippen MR) is 58.2 cm³/mol. The average Bonchev–Trinajstić information content (AvgIpc) is 2.48. The Morgan fingerprint density at radius 2 is 2.14 bits per heavy atom. The van der Waals surface area contributed by atoms with E-state index in [-0.39, 0.29) is 0 Å². The van der Waals surface area contributed by atoms with Gasteiger partial charge in [0.25, 0.3) is 0 Å². The highest BCUT2D eigenvalue weighted by molar-refractivity contribution is 9.10. The van der Waals surface area contributed by atoms with Gasteiger partial charge in [0.1, 0.15) is 0 Å². The number of hydrogen-bond donors (Lipinski definition) is 1. The molecule has 0 aromatic carbocycles. The van der Waals surface area contributed by atoms with Gasteiger partial charge in [-0.05, 0) is 28.9 Å². The first-order valence-electron chi connectivity index (χ1n) is 4.09. The van der Waals surface area contributed by atoms with Crippen molar-refractivity contribution >= 4 is 21.6 Å². The highest BCUT2D eigenvalue weighted by Crippen LogP contribution is 2.17. The maximum atomic E-state index is 5.70. The minimum atomic E-state index is 0.685. The van der Waals surface area contributed by atoms with E-state index in [1.165, 1.54) is 0 Å². The van der Waals surface area contributed by atoms with Gasteiger partial charge in [-0.1, -0.05) is 0 Å². The molecule has 0 aliphatic rings. The lowest BCUT2D eigenvalue weighted by atomic mass is 10.4. The normalized spacial score (nSPS) is 10.4. The average molecular weight is 253 g/mol. The van der Waals surface area contributed by atoms with E-state index in [0.29, 0.717) is 5.69 Å². The van der Waals surface area contributed by atoms with Crippen LogP contribution in [0.3, 0.4) is 0 Å². The minimum Gasteiger partial charge on any atom is -0.396 e. The van der Waals surface area contributed by atoms with E-state index in [9.17, 15) is 0 Å². The number of anilines is 1. The second-order valence-electron chi connectivity index (χ2n) is 2.96. The summed E-state index contributed by atoms with van der Waals surface area (Å²) in [6.07, 6.45) is 5.10. The van der Waals surface area contributed by atoms with Crippen LogP contribution in [0.15, 0.2) is 29.1 Å². The molecule has 0 aliphatic heterocycles. The Kier molecular flexibility index (Phi) is 2.25. The zero-order valence-corrected chi connectivity index (χ0v) is 9.19. The smallest absolute Gasteiger partial charge is 0.0843 e. The lowest BCUT2D eigenvalue weighted by Crippen LogP contribution is -2.00. The first kappa shape index (κ1) is 9.21. The van der Waals surface area contributed by atoms with Crippen molar-refractivity contribution in [3.05, 3.63) is 34.8 Å². The van der Waals surface area contributed by atoms with Gasteiger partial charge in [0.2, 0.25) is 0 Å². The number of pyridine rings is 1. The molecule has 2 N–H and O–H groups in total. The summed E-state index contributed by atoms with van der Waals surface area (Å²) < 4.78 is 2.68. The molecule has 0 spiro atoms. The van der Waals surface area contributed by atoms with E-state index in [2.05, 4.69) is 26.0 Å². The number of aromatic nitrogens is 3. The third-order valence-electron chi connectivity index (χ3n) is 1.98. The lowest BCUT2D eigenvalue weighted by Gasteiger charge is -2.03. The van der Waals surface area contributed by atoms with Crippen LogP contribution in [0.5, 0.6) is 0 Å². The van der Waals surface area contributed by atoms with Crippen molar-refractivity contribution < 1.29 is 0 Å². The van der Waals surface area contributed by atoms with Crippen LogP contribution in [0, 0.1) is 6.92 Å². The van der Waals surface area contributed by atoms with Gasteiger partial charge in [0.15, 0.2) is 0 Å². The molecule has 14 heavy (non-hydrogen) atoms. The summed E-state index contributed by atoms with van der Waals surface area (Å²) in [7, 11) is 0. The van der Waals surface area contributed by atoms with Crippen molar-refractivity contribution in [2.45, 2.75) is 6.92 Å². The van der Waals surface area contributed by atoms with Gasteiger partial charge in [-0.15, -0.1) is 0 Å². The van der Waals surface area contributed by atoms with Crippen LogP contribution in [-0.2, 0) is 0 Å². The maximum Gasteiger partial charge on any atom is 0.0843 e. The topological polar surface area (TPSA) is 56.7 Å². The first-order valence-corrected chi connectivity index (χ1v) is 4.89. The fourth-order valence-corrected chi connectivity index (χ4v) is 1.55. The summed E-state index contributed by atoms with van der Waals surface area (Å²) in [4.78, 5) is 4.06. The van der Waals surface area contributed by atoms with Gasteiger partial charge in [-0.2, -0.15) is 5.10 Å². The fraction of sp³-hybridized carbons (Fsp3) is 0.111. The van der Waals surface area contributed by atoms with Gasteiger partial charge in [0.05, 0.1) is 29.5 Å². The van der Waals surface area contributed by atoms with E-state index < -0.39 is 0 Å². The van der Waals surface area contributed by atoms with E-state index in [0.717, 1.165) is 15.9 Å². The number of nitrogens with two attached hydrogens (primary N) is 1. The summed E-state index contributed by atoms with van der Waals surface area (Å²) in [5, 5.41) is 4.16. The van der Waals surface area contributed by atoms with Crippen LogP contribution in [0.25, 0.3) is 5.69 Å². The second-order valence-corrected chi connectivity index (χ2v) is 3.87. The van der Waals surface area contributed by atoms with Crippen LogP contribution < -0.4 is 5.73 Å². The third kappa shape index (κ3) is 1.50. The molecule has 2 aromatic heterocycles. The number of nitrogens with zero attached hydrogens (tertiary/aromatic N) is 3. The minimum absolute atomic E-state index is 0.685. The molecule has 0 unspecified atom stereocenters. The molecule has 5 heteroatoms. The van der Waals surface area contributed by atoms with Crippen LogP contribution in [0.2, 0.25) is 0 Å². The Bertz CT molecular complexity index is 464. The first-order chi connectivity index (χ1) is 6.68. The van der Waals surface area contributed by atoms with Crippen LogP contribution in [0.1, 0.15) is 5.69 Å². The van der Waals surface area contributed by atoms with Crippen molar-refractivity contribution in [1.82, 2.24) is 14.8 Å². The zero-order chi connectivity index (χ0) is 10.1. The van der Waals surface area contributed by atoms with Crippen LogP contribution in [-0.4, -0.2) is 14.8 Å². The Morgan fingerprint density at radius 1 is 1.36 bits per heavy atom. The number of nitrogen functional groups attached to an aromatic ring is 1. The van der Waals surface area contributed by atoms with E-state index >= 15 is 0 Å². The van der Waals surface area contributed by atoms with Crippen LogP contribution in [0.4, 0.5) is 5.69 Å².